The van der Waals surface area contributed by atoms with Gasteiger partial charge in [-0.25, -0.2) is 0 Å². The summed E-state index contributed by atoms with van der Waals surface area (Å²) >= 11 is 0. The normalized spacial score (nSPS) is 25.0. The van der Waals surface area contributed by atoms with Crippen LogP contribution < -0.4 is 9.64 Å². The van der Waals surface area contributed by atoms with Crippen LogP contribution in [0.25, 0.3) is 0 Å². The largest absolute Gasteiger partial charge is 0.495 e. The van der Waals surface area contributed by atoms with E-state index < -0.39 is 17.3 Å². The third-order valence-corrected chi connectivity index (χ3v) is 7.00. The van der Waals surface area contributed by atoms with E-state index in [2.05, 4.69) is 15.9 Å². The van der Waals surface area contributed by atoms with Gasteiger partial charge in [-0.3, -0.25) is 4.90 Å². The van der Waals surface area contributed by atoms with E-state index in [9.17, 15) is 18.3 Å². The highest BCUT2D eigenvalue weighted by atomic mass is 19.4. The molecule has 7 heteroatoms. The SMILES string of the molecule is COc1ccccc1N1CCN(CC2CCCCC2(O)c2cccc(C(F)(F)F)c2)CC1. The van der Waals surface area contributed by atoms with Crippen molar-refractivity contribution in [3.05, 3.63) is 59.7 Å². The second kappa shape index (κ2) is 9.32. The van der Waals surface area contributed by atoms with Gasteiger partial charge in [0, 0.05) is 38.6 Å². The summed E-state index contributed by atoms with van der Waals surface area (Å²) in [7, 11) is 1.67. The quantitative estimate of drug-likeness (QED) is 0.705. The van der Waals surface area contributed by atoms with Crippen LogP contribution in [-0.2, 0) is 11.8 Å². The molecule has 2 fully saturated rings. The summed E-state index contributed by atoms with van der Waals surface area (Å²) in [5.74, 6) is 0.768. The number of rotatable bonds is 5. The first-order valence-electron chi connectivity index (χ1n) is 11.3. The average molecular weight is 449 g/mol. The van der Waals surface area contributed by atoms with Gasteiger partial charge in [0.25, 0.3) is 0 Å². The Morgan fingerprint density at radius 2 is 1.78 bits per heavy atom. The first-order valence-corrected chi connectivity index (χ1v) is 11.3. The Kier molecular flexibility index (Phi) is 6.67. The lowest BCUT2D eigenvalue weighted by Gasteiger charge is -2.45. The topological polar surface area (TPSA) is 35.9 Å². The van der Waals surface area contributed by atoms with Crippen molar-refractivity contribution in [3.8, 4) is 5.75 Å². The van der Waals surface area contributed by atoms with Crippen LogP contribution in [-0.4, -0.2) is 49.8 Å². The minimum absolute atomic E-state index is 0.0856. The number of halogens is 3. The molecule has 0 bridgehead atoms. The van der Waals surface area contributed by atoms with E-state index in [1.54, 1.807) is 13.2 Å². The lowest BCUT2D eigenvalue weighted by Crippen LogP contribution is -2.51. The highest BCUT2D eigenvalue weighted by molar-refractivity contribution is 5.58. The summed E-state index contributed by atoms with van der Waals surface area (Å²) in [6.07, 6.45) is -1.27. The van der Waals surface area contributed by atoms with E-state index in [4.69, 9.17) is 4.74 Å². The van der Waals surface area contributed by atoms with E-state index in [0.29, 0.717) is 18.5 Å². The van der Waals surface area contributed by atoms with Crippen LogP contribution in [0, 0.1) is 5.92 Å². The molecular formula is C25H31F3N2O2. The number of hydrogen-bond acceptors (Lipinski definition) is 4. The molecule has 0 radical (unpaired) electrons. The number of hydrogen-bond donors (Lipinski definition) is 1. The molecule has 1 aliphatic carbocycles. The molecule has 174 valence electrons. The number of para-hydroxylation sites is 2. The summed E-state index contributed by atoms with van der Waals surface area (Å²) in [4.78, 5) is 4.63. The zero-order valence-corrected chi connectivity index (χ0v) is 18.4. The lowest BCUT2D eigenvalue weighted by atomic mass is 9.71. The van der Waals surface area contributed by atoms with Gasteiger partial charge in [0.05, 0.1) is 24.0 Å². The van der Waals surface area contributed by atoms with Crippen LogP contribution in [0.2, 0.25) is 0 Å². The predicted molar refractivity (Wildman–Crippen MR) is 119 cm³/mol. The Morgan fingerprint density at radius 3 is 2.50 bits per heavy atom. The molecule has 1 heterocycles. The zero-order valence-electron chi connectivity index (χ0n) is 18.4. The van der Waals surface area contributed by atoms with Crippen molar-refractivity contribution >= 4 is 5.69 Å². The Hall–Kier alpha value is -2.25. The summed E-state index contributed by atoms with van der Waals surface area (Å²) in [6, 6.07) is 13.2. The van der Waals surface area contributed by atoms with Gasteiger partial charge in [-0.2, -0.15) is 13.2 Å². The highest BCUT2D eigenvalue weighted by Gasteiger charge is 2.42. The van der Waals surface area contributed by atoms with Crippen LogP contribution >= 0.6 is 0 Å². The maximum Gasteiger partial charge on any atom is 0.416 e. The van der Waals surface area contributed by atoms with Crippen LogP contribution in [0.5, 0.6) is 5.75 Å². The molecular weight excluding hydrogens is 417 g/mol. The molecule has 2 aromatic carbocycles. The third-order valence-electron chi connectivity index (χ3n) is 7.00. The van der Waals surface area contributed by atoms with Crippen molar-refractivity contribution in [2.45, 2.75) is 37.5 Å². The van der Waals surface area contributed by atoms with E-state index in [1.165, 1.54) is 6.07 Å². The molecule has 1 aliphatic heterocycles. The molecule has 1 N–H and O–H groups in total. The number of piperazine rings is 1. The minimum Gasteiger partial charge on any atom is -0.495 e. The fourth-order valence-corrected chi connectivity index (χ4v) is 5.19. The third kappa shape index (κ3) is 4.74. The van der Waals surface area contributed by atoms with Crippen molar-refractivity contribution in [1.29, 1.82) is 0 Å². The van der Waals surface area contributed by atoms with Gasteiger partial charge in [0.1, 0.15) is 5.75 Å². The molecule has 2 unspecified atom stereocenters. The molecule has 2 aliphatic rings. The van der Waals surface area contributed by atoms with Gasteiger partial charge >= 0.3 is 6.18 Å². The standard InChI is InChI=1S/C25H31F3N2O2/c1-32-23-11-3-2-10-22(23)30-15-13-29(14-16-30)18-21-7-4-5-12-24(21,31)19-8-6-9-20(17-19)25(26,27)28/h2-3,6,8-11,17,21,31H,4-5,7,12-16,18H2,1H3. The van der Waals surface area contributed by atoms with Crippen molar-refractivity contribution in [1.82, 2.24) is 4.90 Å². The first-order chi connectivity index (χ1) is 15.3. The minimum atomic E-state index is -4.41. The molecule has 1 saturated heterocycles. The van der Waals surface area contributed by atoms with Crippen molar-refractivity contribution in [2.75, 3.05) is 44.7 Å². The second-order valence-electron chi connectivity index (χ2n) is 8.91. The van der Waals surface area contributed by atoms with Crippen LogP contribution in [0.4, 0.5) is 18.9 Å². The second-order valence-corrected chi connectivity index (χ2v) is 8.91. The number of anilines is 1. The molecule has 4 rings (SSSR count). The Labute approximate surface area is 187 Å². The summed E-state index contributed by atoms with van der Waals surface area (Å²) in [6.45, 7) is 4.05. The zero-order chi connectivity index (χ0) is 22.8. The monoisotopic (exact) mass is 448 g/mol. The number of nitrogens with zero attached hydrogens (tertiary/aromatic N) is 2. The molecule has 2 atom stereocenters. The molecule has 0 aromatic heterocycles. The molecule has 4 nitrogen and oxygen atoms in total. The lowest BCUT2D eigenvalue weighted by molar-refractivity contribution is -0.138. The first kappa shape index (κ1) is 22.9. The fourth-order valence-electron chi connectivity index (χ4n) is 5.19. The van der Waals surface area contributed by atoms with E-state index in [0.717, 1.165) is 69.0 Å². The molecule has 32 heavy (non-hydrogen) atoms. The summed E-state index contributed by atoms with van der Waals surface area (Å²) < 4.78 is 45.3. The Morgan fingerprint density at radius 1 is 1.03 bits per heavy atom. The molecule has 0 spiro atoms. The van der Waals surface area contributed by atoms with Crippen molar-refractivity contribution < 1.29 is 23.0 Å². The Bertz CT molecular complexity index is 912. The van der Waals surface area contributed by atoms with Gasteiger partial charge in [-0.1, -0.05) is 37.1 Å². The van der Waals surface area contributed by atoms with Gasteiger partial charge in [0.15, 0.2) is 0 Å². The maximum atomic E-state index is 13.3. The van der Waals surface area contributed by atoms with Gasteiger partial charge < -0.3 is 14.7 Å². The highest BCUT2D eigenvalue weighted by Crippen LogP contribution is 2.43. The Balaban J connectivity index is 1.45. The van der Waals surface area contributed by atoms with Crippen molar-refractivity contribution in [2.24, 2.45) is 5.92 Å². The average Bonchev–Trinajstić information content (AvgIpc) is 2.81. The maximum absolute atomic E-state index is 13.3. The summed E-state index contributed by atoms with van der Waals surface area (Å²) in [5, 5.41) is 11.6. The van der Waals surface area contributed by atoms with E-state index in [-0.39, 0.29) is 5.92 Å². The number of ether oxygens (including phenoxy) is 1. The van der Waals surface area contributed by atoms with E-state index in [1.807, 2.05) is 18.2 Å². The molecule has 2 aromatic rings. The van der Waals surface area contributed by atoms with Gasteiger partial charge in [0.2, 0.25) is 0 Å². The van der Waals surface area contributed by atoms with Crippen LogP contribution in [0.15, 0.2) is 48.5 Å². The van der Waals surface area contributed by atoms with Crippen LogP contribution in [0.3, 0.4) is 0 Å². The van der Waals surface area contributed by atoms with Gasteiger partial charge in [-0.05, 0) is 42.7 Å². The number of aliphatic hydroxyl groups is 1. The summed E-state index contributed by atoms with van der Waals surface area (Å²) in [5.41, 5.74) is -0.449. The van der Waals surface area contributed by atoms with Crippen LogP contribution in [0.1, 0.15) is 36.8 Å². The fraction of sp³-hybridized carbons (Fsp3) is 0.520. The van der Waals surface area contributed by atoms with Crippen molar-refractivity contribution in [3.63, 3.8) is 0 Å². The smallest absolute Gasteiger partial charge is 0.416 e. The van der Waals surface area contributed by atoms with E-state index >= 15 is 0 Å². The number of methoxy groups -OCH3 is 1. The molecule has 1 saturated carbocycles. The number of alkyl halides is 3. The number of benzene rings is 2. The molecule has 0 amide bonds. The predicted octanol–water partition coefficient (Wildman–Crippen LogP) is 4.91. The van der Waals surface area contributed by atoms with Gasteiger partial charge in [-0.15, -0.1) is 0 Å².